The van der Waals surface area contributed by atoms with E-state index in [0.717, 1.165) is 13.0 Å². The fourth-order valence-corrected chi connectivity index (χ4v) is 4.95. The van der Waals surface area contributed by atoms with Crippen LogP contribution < -0.4 is 4.72 Å². The molecular formula is C15H30N2O3S. The molecule has 0 aromatic carbocycles. The van der Waals surface area contributed by atoms with Crippen molar-refractivity contribution in [3.63, 3.8) is 0 Å². The predicted octanol–water partition coefficient (Wildman–Crippen LogP) is 1.74. The lowest BCUT2D eigenvalue weighted by Crippen LogP contribution is -2.46. The van der Waals surface area contributed by atoms with Crippen molar-refractivity contribution < 1.29 is 13.2 Å². The van der Waals surface area contributed by atoms with Crippen LogP contribution in [0.15, 0.2) is 0 Å². The lowest BCUT2D eigenvalue weighted by molar-refractivity contribution is 0.135. The van der Waals surface area contributed by atoms with Crippen LogP contribution in [0.25, 0.3) is 0 Å². The first-order chi connectivity index (χ1) is 10.0. The molecular weight excluding hydrogens is 288 g/mol. The molecule has 1 N–H and O–H groups in total. The van der Waals surface area contributed by atoms with E-state index in [0.29, 0.717) is 18.6 Å². The van der Waals surface area contributed by atoms with Crippen molar-refractivity contribution >= 4 is 10.0 Å². The highest BCUT2D eigenvalue weighted by atomic mass is 32.2. The Morgan fingerprint density at radius 3 is 2.57 bits per heavy atom. The summed E-state index contributed by atoms with van der Waals surface area (Å²) in [6.45, 7) is 3.46. The molecule has 0 spiro atoms. The molecule has 2 rings (SSSR count). The molecule has 0 bridgehead atoms. The van der Waals surface area contributed by atoms with Gasteiger partial charge in [0.25, 0.3) is 0 Å². The molecule has 0 amide bonds. The number of hydrogen-bond acceptors (Lipinski definition) is 4. The van der Waals surface area contributed by atoms with E-state index < -0.39 is 10.0 Å². The Labute approximate surface area is 129 Å². The molecule has 1 aliphatic heterocycles. The monoisotopic (exact) mass is 318 g/mol. The summed E-state index contributed by atoms with van der Waals surface area (Å²) in [6, 6.07) is 1.05. The first-order valence-electron chi connectivity index (χ1n) is 8.27. The van der Waals surface area contributed by atoms with Crippen LogP contribution in [0.1, 0.15) is 51.9 Å². The van der Waals surface area contributed by atoms with Crippen molar-refractivity contribution in [2.75, 3.05) is 26.0 Å². The Bertz CT molecular complexity index is 407. The highest BCUT2D eigenvalue weighted by molar-refractivity contribution is 7.89. The fourth-order valence-electron chi connectivity index (χ4n) is 3.63. The Morgan fingerprint density at radius 2 is 1.90 bits per heavy atom. The third kappa shape index (κ3) is 5.20. The van der Waals surface area contributed by atoms with Crippen LogP contribution >= 0.6 is 0 Å². The van der Waals surface area contributed by atoms with E-state index in [9.17, 15) is 8.42 Å². The zero-order valence-corrected chi connectivity index (χ0v) is 14.2. The predicted molar refractivity (Wildman–Crippen MR) is 84.9 cm³/mol. The topological polar surface area (TPSA) is 58.6 Å². The molecule has 2 atom stereocenters. The summed E-state index contributed by atoms with van der Waals surface area (Å²) in [7, 11) is -1.69. The molecule has 2 aliphatic rings. The third-order valence-electron chi connectivity index (χ3n) is 4.86. The molecule has 0 unspecified atom stereocenters. The van der Waals surface area contributed by atoms with Gasteiger partial charge in [-0.2, -0.15) is 0 Å². The van der Waals surface area contributed by atoms with Gasteiger partial charge in [-0.05, 0) is 39.2 Å². The minimum Gasteiger partial charge on any atom is -0.381 e. The maximum absolute atomic E-state index is 12.0. The minimum absolute atomic E-state index is 0.0413. The van der Waals surface area contributed by atoms with Crippen molar-refractivity contribution in [2.45, 2.75) is 70.1 Å². The second kappa shape index (κ2) is 7.90. The smallest absolute Gasteiger partial charge is 0.214 e. The summed E-state index contributed by atoms with van der Waals surface area (Å²) in [5, 5.41) is 0. The quantitative estimate of drug-likeness (QED) is 0.777. The van der Waals surface area contributed by atoms with Gasteiger partial charge in [0, 0.05) is 25.7 Å². The van der Waals surface area contributed by atoms with E-state index in [-0.39, 0.29) is 11.9 Å². The maximum atomic E-state index is 12.0. The van der Waals surface area contributed by atoms with Gasteiger partial charge in [-0.15, -0.1) is 0 Å². The number of methoxy groups -OCH3 is 1. The zero-order chi connectivity index (χ0) is 15.3. The van der Waals surface area contributed by atoms with E-state index >= 15 is 0 Å². The molecule has 1 heterocycles. The molecule has 1 saturated heterocycles. The van der Waals surface area contributed by atoms with E-state index in [1.165, 1.54) is 38.5 Å². The van der Waals surface area contributed by atoms with Crippen molar-refractivity contribution in [3.8, 4) is 0 Å². The minimum atomic E-state index is -3.24. The molecule has 1 saturated carbocycles. The Balaban J connectivity index is 1.83. The molecule has 0 radical (unpaired) electrons. The zero-order valence-electron chi connectivity index (χ0n) is 13.4. The number of hydrogen-bond donors (Lipinski definition) is 1. The molecule has 2 fully saturated rings. The molecule has 0 aromatic rings. The van der Waals surface area contributed by atoms with Gasteiger partial charge >= 0.3 is 0 Å². The van der Waals surface area contributed by atoms with Crippen molar-refractivity contribution in [1.82, 2.24) is 9.62 Å². The number of ether oxygens (including phenoxy) is 1. The molecule has 21 heavy (non-hydrogen) atoms. The summed E-state index contributed by atoms with van der Waals surface area (Å²) in [6.07, 6.45) is 8.61. The maximum Gasteiger partial charge on any atom is 0.214 e. The van der Waals surface area contributed by atoms with Gasteiger partial charge < -0.3 is 4.74 Å². The van der Waals surface area contributed by atoms with E-state index in [2.05, 4.69) is 9.62 Å². The molecule has 5 nitrogen and oxygen atoms in total. The molecule has 0 aromatic heterocycles. The van der Waals surface area contributed by atoms with E-state index in [1.54, 1.807) is 14.0 Å². The van der Waals surface area contributed by atoms with Gasteiger partial charge in [-0.25, -0.2) is 13.1 Å². The summed E-state index contributed by atoms with van der Waals surface area (Å²) in [5.74, 6) is 0.0413. The van der Waals surface area contributed by atoms with Crippen molar-refractivity contribution in [1.29, 1.82) is 0 Å². The van der Waals surface area contributed by atoms with Gasteiger partial charge in [0.15, 0.2) is 0 Å². The lowest BCUT2D eigenvalue weighted by Gasteiger charge is -2.35. The van der Waals surface area contributed by atoms with Crippen LogP contribution in [0.3, 0.4) is 0 Å². The second-order valence-electron chi connectivity index (χ2n) is 6.50. The summed E-state index contributed by atoms with van der Waals surface area (Å²) in [4.78, 5) is 2.56. The van der Waals surface area contributed by atoms with Crippen LogP contribution in [-0.4, -0.2) is 57.5 Å². The van der Waals surface area contributed by atoms with Gasteiger partial charge in [-0.1, -0.05) is 19.3 Å². The highest BCUT2D eigenvalue weighted by Crippen LogP contribution is 2.28. The number of nitrogens with one attached hydrogen (secondary N) is 1. The van der Waals surface area contributed by atoms with Gasteiger partial charge in [0.2, 0.25) is 10.0 Å². The van der Waals surface area contributed by atoms with Crippen molar-refractivity contribution in [3.05, 3.63) is 0 Å². The standard InChI is InChI=1S/C15H30N2O3S/c1-13(20-2)12-21(18,19)16-11-15-9-6-10-17(15)14-7-4-3-5-8-14/h13-16H,3-12H2,1-2H3/t13-,15+/m1/s1. The van der Waals surface area contributed by atoms with Gasteiger partial charge in [0.1, 0.15) is 0 Å². The fraction of sp³-hybridized carbons (Fsp3) is 1.00. The third-order valence-corrected chi connectivity index (χ3v) is 6.38. The average molecular weight is 318 g/mol. The van der Waals surface area contributed by atoms with Crippen LogP contribution in [0.5, 0.6) is 0 Å². The summed E-state index contributed by atoms with van der Waals surface area (Å²) < 4.78 is 31.9. The van der Waals surface area contributed by atoms with E-state index in [1.807, 2.05) is 0 Å². The average Bonchev–Trinajstić information content (AvgIpc) is 2.94. The lowest BCUT2D eigenvalue weighted by atomic mass is 9.94. The first kappa shape index (κ1) is 17.2. The summed E-state index contributed by atoms with van der Waals surface area (Å²) in [5.41, 5.74) is 0. The number of nitrogens with zero attached hydrogens (tertiary/aromatic N) is 1. The number of likely N-dealkylation sites (tertiary alicyclic amines) is 1. The Hall–Kier alpha value is -0.170. The number of sulfonamides is 1. The Kier molecular flexibility index (Phi) is 6.47. The van der Waals surface area contributed by atoms with Crippen LogP contribution in [0, 0.1) is 0 Å². The SMILES string of the molecule is CO[C@H](C)CS(=O)(=O)NC[C@@H]1CCCN1C1CCCCC1. The second-order valence-corrected chi connectivity index (χ2v) is 8.35. The largest absolute Gasteiger partial charge is 0.381 e. The van der Waals surface area contributed by atoms with Gasteiger partial charge in [0.05, 0.1) is 11.9 Å². The normalized spacial score (nSPS) is 27.0. The Morgan fingerprint density at radius 1 is 1.19 bits per heavy atom. The molecule has 124 valence electrons. The highest BCUT2D eigenvalue weighted by Gasteiger charge is 2.32. The number of rotatable bonds is 7. The van der Waals surface area contributed by atoms with Crippen LogP contribution in [-0.2, 0) is 14.8 Å². The molecule has 6 heteroatoms. The van der Waals surface area contributed by atoms with Crippen LogP contribution in [0.4, 0.5) is 0 Å². The summed E-state index contributed by atoms with van der Waals surface area (Å²) >= 11 is 0. The van der Waals surface area contributed by atoms with Crippen LogP contribution in [0.2, 0.25) is 0 Å². The van der Waals surface area contributed by atoms with Crippen molar-refractivity contribution in [2.24, 2.45) is 0 Å². The van der Waals surface area contributed by atoms with Gasteiger partial charge in [-0.3, -0.25) is 4.90 Å². The molecule has 1 aliphatic carbocycles. The van der Waals surface area contributed by atoms with E-state index in [4.69, 9.17) is 4.74 Å². The first-order valence-corrected chi connectivity index (χ1v) is 9.93.